The number of methoxy groups -OCH3 is 6. The first-order valence-corrected chi connectivity index (χ1v) is 20.0. The Morgan fingerprint density at radius 3 is 2.02 bits per heavy atom. The van der Waals surface area contributed by atoms with Crippen molar-refractivity contribution in [1.82, 2.24) is 10.5 Å². The standard InChI is InChI=1S/C45H52ClN3O10/c1-8-9-10-11-14-30(15-13-20-57-41-31(16-12-17-35(41)51-2)44-47-33-19-18-29(46)25-32(33)45(50)48-44)58-43-39(54-5)23-28(24-40(43)55-6)36-26-34(49-59-36)27-21-37(52-3)42(56-7)38(22-27)53-4/h12,16-19,21-26,30,44,47H,8-11,13-15,20H2,1-7H3,(H,48,50). The minimum Gasteiger partial charge on any atom is -0.493 e. The zero-order chi connectivity index (χ0) is 41.9. The molecule has 0 aliphatic carbocycles. The minimum atomic E-state index is -0.545. The number of ether oxygens (including phenoxy) is 8. The Morgan fingerprint density at radius 2 is 1.36 bits per heavy atom. The maximum absolute atomic E-state index is 13.1. The van der Waals surface area contributed by atoms with Crippen molar-refractivity contribution in [3.63, 3.8) is 0 Å². The number of unbranched alkanes of at least 4 members (excludes halogenated alkanes) is 3. The van der Waals surface area contributed by atoms with E-state index < -0.39 is 6.17 Å². The first kappa shape index (κ1) is 42.7. The molecule has 0 saturated heterocycles. The first-order valence-electron chi connectivity index (χ1n) is 19.6. The molecule has 0 spiro atoms. The Balaban J connectivity index is 1.19. The monoisotopic (exact) mass is 829 g/mol. The summed E-state index contributed by atoms with van der Waals surface area (Å²) in [6.07, 6.45) is 5.85. The molecular formula is C45H52ClN3O10. The molecule has 1 aliphatic heterocycles. The van der Waals surface area contributed by atoms with Gasteiger partial charge in [0.25, 0.3) is 5.91 Å². The highest BCUT2D eigenvalue weighted by Crippen LogP contribution is 2.45. The Hall–Kier alpha value is -5.95. The number of aromatic nitrogens is 1. The number of amides is 1. The summed E-state index contributed by atoms with van der Waals surface area (Å²) in [5.41, 5.74) is 3.88. The van der Waals surface area contributed by atoms with Crippen LogP contribution in [0.15, 0.2) is 71.3 Å². The Morgan fingerprint density at radius 1 is 0.695 bits per heavy atom. The lowest BCUT2D eigenvalue weighted by Gasteiger charge is -2.30. The van der Waals surface area contributed by atoms with E-state index in [0.717, 1.165) is 43.2 Å². The lowest BCUT2D eigenvalue weighted by molar-refractivity contribution is 0.0934. The summed E-state index contributed by atoms with van der Waals surface area (Å²) >= 11 is 6.16. The topological polar surface area (TPSA) is 141 Å². The van der Waals surface area contributed by atoms with Crippen molar-refractivity contribution in [3.8, 4) is 68.6 Å². The third kappa shape index (κ3) is 9.85. The zero-order valence-electron chi connectivity index (χ0n) is 34.6. The van der Waals surface area contributed by atoms with E-state index in [1.165, 1.54) is 0 Å². The molecule has 59 heavy (non-hydrogen) atoms. The number of anilines is 1. The third-order valence-corrected chi connectivity index (χ3v) is 10.4. The highest BCUT2D eigenvalue weighted by atomic mass is 35.5. The third-order valence-electron chi connectivity index (χ3n) is 10.1. The summed E-state index contributed by atoms with van der Waals surface area (Å²) in [4.78, 5) is 13.1. The second-order valence-electron chi connectivity index (χ2n) is 13.9. The fourth-order valence-corrected chi connectivity index (χ4v) is 7.26. The molecule has 1 aliphatic rings. The predicted octanol–water partition coefficient (Wildman–Crippen LogP) is 10.1. The highest BCUT2D eigenvalue weighted by molar-refractivity contribution is 6.31. The van der Waals surface area contributed by atoms with Crippen LogP contribution >= 0.6 is 11.6 Å². The average Bonchev–Trinajstić information content (AvgIpc) is 3.76. The summed E-state index contributed by atoms with van der Waals surface area (Å²) in [6.45, 7) is 2.57. The molecule has 4 aromatic carbocycles. The quantitative estimate of drug-likeness (QED) is 0.0680. The van der Waals surface area contributed by atoms with Gasteiger partial charge in [0.05, 0.1) is 60.9 Å². The van der Waals surface area contributed by atoms with Crippen molar-refractivity contribution in [2.24, 2.45) is 0 Å². The number of rotatable bonds is 21. The molecule has 14 heteroatoms. The van der Waals surface area contributed by atoms with Crippen LogP contribution in [-0.4, -0.2) is 66.4 Å². The lowest BCUT2D eigenvalue weighted by Crippen LogP contribution is -2.38. The molecule has 1 aromatic heterocycles. The van der Waals surface area contributed by atoms with Gasteiger partial charge >= 0.3 is 0 Å². The Bertz CT molecular complexity index is 2160. The SMILES string of the molecule is CCCCCCC(CCCOc1c(OC)cccc1C1NC(=O)c2cc(Cl)ccc2N1)Oc1c(OC)cc(-c2cc(-c3cc(OC)c(OC)c(OC)c3)no2)cc1OC. The number of benzene rings is 4. The number of para-hydroxylation sites is 1. The van der Waals surface area contributed by atoms with Crippen LogP contribution in [0, 0.1) is 0 Å². The fraction of sp³-hybridized carbons (Fsp3) is 0.378. The first-order chi connectivity index (χ1) is 28.7. The van der Waals surface area contributed by atoms with E-state index in [-0.39, 0.29) is 12.0 Å². The number of nitrogens with zero attached hydrogens (tertiary/aromatic N) is 1. The van der Waals surface area contributed by atoms with Gasteiger partial charge in [-0.1, -0.05) is 55.1 Å². The molecule has 314 valence electrons. The number of nitrogens with one attached hydrogen (secondary N) is 2. The van der Waals surface area contributed by atoms with Crippen LogP contribution in [0.2, 0.25) is 5.02 Å². The predicted molar refractivity (Wildman–Crippen MR) is 226 cm³/mol. The van der Waals surface area contributed by atoms with Crippen molar-refractivity contribution < 1.29 is 47.2 Å². The van der Waals surface area contributed by atoms with Gasteiger partial charge in [-0.05, 0) is 74.2 Å². The van der Waals surface area contributed by atoms with Crippen LogP contribution in [-0.2, 0) is 0 Å². The molecule has 5 aromatic rings. The van der Waals surface area contributed by atoms with Crippen molar-refractivity contribution in [2.45, 2.75) is 64.1 Å². The number of carbonyl (C=O) groups excluding carboxylic acids is 1. The summed E-state index contributed by atoms with van der Waals surface area (Å²) in [6, 6.07) is 20.0. The minimum absolute atomic E-state index is 0.166. The smallest absolute Gasteiger partial charge is 0.255 e. The molecule has 2 unspecified atom stereocenters. The van der Waals surface area contributed by atoms with Crippen LogP contribution in [0.25, 0.3) is 22.6 Å². The van der Waals surface area contributed by atoms with Gasteiger partial charge in [-0.25, -0.2) is 0 Å². The number of carbonyl (C=O) groups is 1. The molecule has 0 radical (unpaired) electrons. The van der Waals surface area contributed by atoms with Gasteiger partial charge in [-0.2, -0.15) is 0 Å². The van der Waals surface area contributed by atoms with Crippen LogP contribution in [0.4, 0.5) is 5.69 Å². The van der Waals surface area contributed by atoms with Gasteiger partial charge in [0, 0.05) is 33.5 Å². The van der Waals surface area contributed by atoms with Crippen molar-refractivity contribution in [3.05, 3.63) is 82.9 Å². The average molecular weight is 830 g/mol. The summed E-state index contributed by atoms with van der Waals surface area (Å²) in [5, 5.41) is 11.2. The van der Waals surface area contributed by atoms with Gasteiger partial charge in [0.2, 0.25) is 11.5 Å². The molecule has 13 nitrogen and oxygen atoms in total. The van der Waals surface area contributed by atoms with Crippen LogP contribution in [0.1, 0.15) is 74.0 Å². The molecule has 0 fully saturated rings. The van der Waals surface area contributed by atoms with E-state index >= 15 is 0 Å². The number of hydrogen-bond donors (Lipinski definition) is 2. The van der Waals surface area contributed by atoms with Crippen molar-refractivity contribution >= 4 is 23.2 Å². The van der Waals surface area contributed by atoms with E-state index in [1.807, 2.05) is 48.5 Å². The van der Waals surface area contributed by atoms with Gasteiger partial charge in [0.1, 0.15) is 11.9 Å². The maximum Gasteiger partial charge on any atom is 0.255 e. The summed E-state index contributed by atoms with van der Waals surface area (Å²) in [5.74, 6) is 4.33. The number of hydrogen-bond acceptors (Lipinski definition) is 12. The van der Waals surface area contributed by atoms with Gasteiger partial charge in [-0.15, -0.1) is 0 Å². The molecular weight excluding hydrogens is 778 g/mol. The number of fused-ring (bicyclic) bond motifs is 1. The van der Waals surface area contributed by atoms with E-state index in [2.05, 4.69) is 22.7 Å². The Labute approximate surface area is 350 Å². The highest BCUT2D eigenvalue weighted by Gasteiger charge is 2.29. The maximum atomic E-state index is 13.1. The van der Waals surface area contributed by atoms with Crippen LogP contribution in [0.5, 0.6) is 46.0 Å². The van der Waals surface area contributed by atoms with Crippen molar-refractivity contribution in [2.75, 3.05) is 54.6 Å². The second kappa shape index (κ2) is 20.1. The fourth-order valence-electron chi connectivity index (χ4n) is 7.09. The van der Waals surface area contributed by atoms with Crippen molar-refractivity contribution in [1.29, 1.82) is 0 Å². The molecule has 0 saturated carbocycles. The largest absolute Gasteiger partial charge is 0.493 e. The lowest BCUT2D eigenvalue weighted by atomic mass is 10.0. The van der Waals surface area contributed by atoms with E-state index in [4.69, 9.17) is 54.0 Å². The molecule has 1 amide bonds. The van der Waals surface area contributed by atoms with Crippen LogP contribution in [0.3, 0.4) is 0 Å². The summed E-state index contributed by atoms with van der Waals surface area (Å²) < 4.78 is 53.1. The second-order valence-corrected chi connectivity index (χ2v) is 14.3. The van der Waals surface area contributed by atoms with Crippen LogP contribution < -0.4 is 48.5 Å². The van der Waals surface area contributed by atoms with Gasteiger partial charge in [0.15, 0.2) is 40.3 Å². The molecule has 2 atom stereocenters. The number of halogens is 1. The molecule has 6 rings (SSSR count). The Kier molecular flexibility index (Phi) is 14.6. The molecule has 2 N–H and O–H groups in total. The molecule has 2 heterocycles. The normalized spacial score (nSPS) is 13.7. The molecule has 0 bridgehead atoms. The van der Waals surface area contributed by atoms with Gasteiger partial charge in [-0.3, -0.25) is 4.79 Å². The van der Waals surface area contributed by atoms with E-state index in [0.29, 0.717) is 98.7 Å². The van der Waals surface area contributed by atoms with E-state index in [1.54, 1.807) is 60.9 Å². The van der Waals surface area contributed by atoms with E-state index in [9.17, 15) is 4.79 Å². The zero-order valence-corrected chi connectivity index (χ0v) is 35.3. The summed E-state index contributed by atoms with van der Waals surface area (Å²) in [7, 11) is 9.47. The van der Waals surface area contributed by atoms with Gasteiger partial charge < -0.3 is 53.1 Å².